The molecule has 1 aliphatic carbocycles. The van der Waals surface area contributed by atoms with Crippen molar-refractivity contribution in [2.45, 2.75) is 96.3 Å². The largest absolute Gasteiger partial charge is 0.494 e. The van der Waals surface area contributed by atoms with Crippen LogP contribution in [0, 0.1) is 0 Å². The van der Waals surface area contributed by atoms with Gasteiger partial charge in [0.1, 0.15) is 11.5 Å². The average Bonchev–Trinajstić information content (AvgIpc) is 3.48. The molecule has 0 radical (unpaired) electrons. The molecule has 0 heterocycles. The molecule has 55 heavy (non-hydrogen) atoms. The van der Waals surface area contributed by atoms with Gasteiger partial charge in [0.25, 0.3) is 0 Å². The van der Waals surface area contributed by atoms with Gasteiger partial charge in [-0.05, 0) is 145 Å². The molecule has 0 atom stereocenters. The molecule has 0 spiro atoms. The van der Waals surface area contributed by atoms with Gasteiger partial charge in [-0.15, -0.1) is 0 Å². The van der Waals surface area contributed by atoms with E-state index in [2.05, 4.69) is 112 Å². The molecule has 0 saturated heterocycles. The Hall–Kier alpha value is -5.10. The summed E-state index contributed by atoms with van der Waals surface area (Å²) >= 11 is 0. The zero-order valence-electron chi connectivity index (χ0n) is 32.9. The van der Waals surface area contributed by atoms with Crippen molar-refractivity contribution in [3.63, 3.8) is 0 Å². The summed E-state index contributed by atoms with van der Waals surface area (Å²) in [5.41, 5.74) is 10.4. The quantitative estimate of drug-likeness (QED) is 0.0404. The molecule has 0 fully saturated rings. The highest BCUT2D eigenvalue weighted by atomic mass is 16.5. The molecule has 0 bridgehead atoms. The number of rotatable bonds is 24. The number of hydrogen-bond donors (Lipinski definition) is 0. The molecule has 4 aromatic carbocycles. The molecule has 5 rings (SSSR count). The zero-order valence-corrected chi connectivity index (χ0v) is 32.9. The first-order chi connectivity index (χ1) is 26.9. The van der Waals surface area contributed by atoms with Crippen LogP contribution in [-0.2, 0) is 24.5 Å². The first-order valence-electron chi connectivity index (χ1n) is 20.3. The van der Waals surface area contributed by atoms with Crippen molar-refractivity contribution in [1.29, 1.82) is 0 Å². The van der Waals surface area contributed by atoms with E-state index in [1.165, 1.54) is 56.7 Å². The van der Waals surface area contributed by atoms with E-state index in [9.17, 15) is 9.59 Å². The smallest absolute Gasteiger partial charge is 0.330 e. The standard InChI is InChI=1S/C49H58O6/c1-5-29-49(30-6-2)45-35-39(37-17-23-41(24-18-37)52-31-13-9-11-15-33-54-47(50)7-3)21-27-43(45)44-28-22-40(36-46(44)49)38-19-25-42(26-20-38)53-32-14-10-12-16-34-55-48(51)8-4/h7-8,17-28,35-36H,3-6,9-16,29-34H2,1-2H3. The van der Waals surface area contributed by atoms with Gasteiger partial charge in [0.2, 0.25) is 0 Å². The number of fused-ring (bicyclic) bond motifs is 3. The lowest BCUT2D eigenvalue weighted by atomic mass is 9.71. The van der Waals surface area contributed by atoms with Crippen molar-refractivity contribution in [2.75, 3.05) is 26.4 Å². The van der Waals surface area contributed by atoms with Crippen molar-refractivity contribution in [1.82, 2.24) is 0 Å². The van der Waals surface area contributed by atoms with Gasteiger partial charge < -0.3 is 18.9 Å². The van der Waals surface area contributed by atoms with E-state index in [1.807, 2.05) is 0 Å². The Morgan fingerprint density at radius 3 is 1.24 bits per heavy atom. The number of carbonyl (C=O) groups is 2. The van der Waals surface area contributed by atoms with Crippen molar-refractivity contribution >= 4 is 11.9 Å². The van der Waals surface area contributed by atoms with E-state index in [-0.39, 0.29) is 17.4 Å². The van der Waals surface area contributed by atoms with E-state index >= 15 is 0 Å². The minimum absolute atomic E-state index is 0.0348. The zero-order chi connectivity index (χ0) is 38.9. The van der Waals surface area contributed by atoms with Crippen molar-refractivity contribution in [2.24, 2.45) is 0 Å². The first-order valence-corrected chi connectivity index (χ1v) is 20.3. The van der Waals surface area contributed by atoms with Gasteiger partial charge in [0.05, 0.1) is 26.4 Å². The average molecular weight is 743 g/mol. The number of benzene rings is 4. The predicted molar refractivity (Wildman–Crippen MR) is 224 cm³/mol. The lowest BCUT2D eigenvalue weighted by molar-refractivity contribution is -0.138. The van der Waals surface area contributed by atoms with Crippen LogP contribution < -0.4 is 9.47 Å². The van der Waals surface area contributed by atoms with Crippen LogP contribution >= 0.6 is 0 Å². The maximum Gasteiger partial charge on any atom is 0.330 e. The second-order valence-electron chi connectivity index (χ2n) is 14.4. The molecule has 0 N–H and O–H groups in total. The number of hydrogen-bond acceptors (Lipinski definition) is 6. The summed E-state index contributed by atoms with van der Waals surface area (Å²) in [6.45, 7) is 13.7. The van der Waals surface area contributed by atoms with Crippen molar-refractivity contribution in [3.8, 4) is 44.9 Å². The molecule has 290 valence electrons. The molecule has 0 saturated carbocycles. The number of carbonyl (C=O) groups excluding carboxylic acids is 2. The summed E-state index contributed by atoms with van der Waals surface area (Å²) in [6.07, 6.45) is 14.5. The summed E-state index contributed by atoms with van der Waals surface area (Å²) in [5, 5.41) is 0. The molecule has 1 aliphatic rings. The van der Waals surface area contributed by atoms with Crippen LogP contribution in [-0.4, -0.2) is 38.4 Å². The second kappa shape index (κ2) is 21.1. The van der Waals surface area contributed by atoms with Gasteiger partial charge in [0, 0.05) is 17.6 Å². The Balaban J connectivity index is 1.21. The fourth-order valence-electron chi connectivity index (χ4n) is 7.82. The van der Waals surface area contributed by atoms with Gasteiger partial charge in [-0.3, -0.25) is 0 Å². The molecular weight excluding hydrogens is 685 g/mol. The molecule has 6 heteroatoms. The third kappa shape index (κ3) is 11.0. The van der Waals surface area contributed by atoms with Gasteiger partial charge >= 0.3 is 11.9 Å². The van der Waals surface area contributed by atoms with Crippen LogP contribution in [0.5, 0.6) is 11.5 Å². The minimum atomic E-state index is -0.360. The van der Waals surface area contributed by atoms with Crippen molar-refractivity contribution < 1.29 is 28.5 Å². The third-order valence-electron chi connectivity index (χ3n) is 10.5. The van der Waals surface area contributed by atoms with Crippen LogP contribution in [0.1, 0.15) is 102 Å². The van der Waals surface area contributed by atoms with E-state index in [0.717, 1.165) is 88.5 Å². The fourth-order valence-corrected chi connectivity index (χ4v) is 7.82. The highest BCUT2D eigenvalue weighted by Gasteiger charge is 2.42. The first kappa shape index (κ1) is 41.1. The Bertz CT molecular complexity index is 1720. The summed E-state index contributed by atoms with van der Waals surface area (Å²) in [5.74, 6) is 1.04. The third-order valence-corrected chi connectivity index (χ3v) is 10.5. The molecule has 0 amide bonds. The van der Waals surface area contributed by atoms with Crippen molar-refractivity contribution in [3.05, 3.63) is 121 Å². The summed E-state index contributed by atoms with van der Waals surface area (Å²) < 4.78 is 22.2. The van der Waals surface area contributed by atoms with E-state index < -0.39 is 0 Å². The molecule has 4 aromatic rings. The minimum Gasteiger partial charge on any atom is -0.494 e. The maximum absolute atomic E-state index is 11.2. The lowest BCUT2D eigenvalue weighted by Crippen LogP contribution is -2.25. The molecule has 0 aliphatic heterocycles. The topological polar surface area (TPSA) is 71.1 Å². The Morgan fingerprint density at radius 1 is 0.509 bits per heavy atom. The number of ether oxygens (including phenoxy) is 4. The predicted octanol–water partition coefficient (Wildman–Crippen LogP) is 12.2. The highest BCUT2D eigenvalue weighted by Crippen LogP contribution is 2.55. The number of esters is 2. The van der Waals surface area contributed by atoms with Crippen LogP contribution in [0.2, 0.25) is 0 Å². The van der Waals surface area contributed by atoms with Crippen LogP contribution in [0.4, 0.5) is 0 Å². The monoisotopic (exact) mass is 742 g/mol. The lowest BCUT2D eigenvalue weighted by Gasteiger charge is -2.32. The van der Waals surface area contributed by atoms with E-state index in [1.54, 1.807) is 0 Å². The fraction of sp³-hybridized carbons (Fsp3) is 0.388. The number of unbranched alkanes of at least 4 members (excludes halogenated alkanes) is 6. The molecule has 0 aromatic heterocycles. The molecular formula is C49H58O6. The van der Waals surface area contributed by atoms with Crippen LogP contribution in [0.25, 0.3) is 33.4 Å². The van der Waals surface area contributed by atoms with Gasteiger partial charge in [0.15, 0.2) is 0 Å². The summed E-state index contributed by atoms with van der Waals surface area (Å²) in [6, 6.07) is 31.1. The summed E-state index contributed by atoms with van der Waals surface area (Å²) in [4.78, 5) is 22.3. The highest BCUT2D eigenvalue weighted by molar-refractivity contribution is 5.86. The Kier molecular flexibility index (Phi) is 15.8. The van der Waals surface area contributed by atoms with E-state index in [4.69, 9.17) is 18.9 Å². The SMILES string of the molecule is C=CC(=O)OCCCCCCOc1ccc(-c2ccc3c(c2)C(CCC)(CCC)c2cc(-c4ccc(OCCCCCCOC(=O)C=C)cc4)ccc2-3)cc1. The summed E-state index contributed by atoms with van der Waals surface area (Å²) in [7, 11) is 0. The van der Waals surface area contributed by atoms with Gasteiger partial charge in [-0.25, -0.2) is 9.59 Å². The Labute approximate surface area is 328 Å². The van der Waals surface area contributed by atoms with E-state index in [0.29, 0.717) is 26.4 Å². The van der Waals surface area contributed by atoms with Crippen LogP contribution in [0.15, 0.2) is 110 Å². The van der Waals surface area contributed by atoms with Gasteiger partial charge in [-0.2, -0.15) is 0 Å². The molecule has 0 unspecified atom stereocenters. The normalized spacial score (nSPS) is 12.3. The Morgan fingerprint density at radius 2 is 0.873 bits per heavy atom. The van der Waals surface area contributed by atoms with Gasteiger partial charge in [-0.1, -0.05) is 88.4 Å². The molecule has 6 nitrogen and oxygen atoms in total. The maximum atomic E-state index is 11.2. The van der Waals surface area contributed by atoms with Crippen LogP contribution in [0.3, 0.4) is 0 Å². The second-order valence-corrected chi connectivity index (χ2v) is 14.4.